The molecular weight excluding hydrogens is 669 g/mol. The van der Waals surface area contributed by atoms with Crippen molar-refractivity contribution < 1.29 is 25.2 Å². The van der Waals surface area contributed by atoms with Crippen molar-refractivity contribution >= 4 is 0 Å². The lowest BCUT2D eigenvalue weighted by Gasteiger charge is -2.33. The third kappa shape index (κ3) is 6.77. The molecule has 270 valence electrons. The highest BCUT2D eigenvalue weighted by Gasteiger charge is 2.33. The lowest BCUT2D eigenvalue weighted by atomic mass is 9.70. The lowest BCUT2D eigenvalue weighted by Crippen LogP contribution is -2.26. The van der Waals surface area contributed by atoms with Crippen LogP contribution in [0.2, 0.25) is 0 Å². The van der Waals surface area contributed by atoms with E-state index in [4.69, 9.17) is 4.74 Å². The molecule has 0 spiro atoms. The van der Waals surface area contributed by atoms with Gasteiger partial charge in [-0.25, -0.2) is 0 Å². The van der Waals surface area contributed by atoms with Crippen molar-refractivity contribution in [3.63, 3.8) is 0 Å². The number of benzene rings is 7. The van der Waals surface area contributed by atoms with Crippen molar-refractivity contribution in [2.45, 2.75) is 43.9 Å². The summed E-state index contributed by atoms with van der Waals surface area (Å²) >= 11 is 0. The maximum Gasteiger partial charge on any atom is 0.127 e. The highest BCUT2D eigenvalue weighted by atomic mass is 16.5. The molecule has 0 aromatic heterocycles. The molecule has 0 aliphatic rings. The number of rotatable bonds is 10. The van der Waals surface area contributed by atoms with Crippen LogP contribution in [0, 0.1) is 0 Å². The van der Waals surface area contributed by atoms with Gasteiger partial charge in [-0.3, -0.25) is 0 Å². The fourth-order valence-corrected chi connectivity index (χ4v) is 7.50. The summed E-state index contributed by atoms with van der Waals surface area (Å²) in [7, 11) is 0. The summed E-state index contributed by atoms with van der Waals surface area (Å²) in [6, 6.07) is 54.1. The Bertz CT molecular complexity index is 2230. The van der Waals surface area contributed by atoms with Crippen molar-refractivity contribution in [3.05, 3.63) is 214 Å². The number of phenolic OH excluding ortho intramolecular Hbond substituents is 4. The molecule has 0 aliphatic carbocycles. The zero-order valence-corrected chi connectivity index (χ0v) is 30.9. The summed E-state index contributed by atoms with van der Waals surface area (Å²) in [6.45, 7) is 8.74. The number of hydrogen-bond acceptors (Lipinski definition) is 5. The second-order valence-electron chi connectivity index (χ2n) is 14.8. The molecule has 0 amide bonds. The van der Waals surface area contributed by atoms with E-state index in [1.807, 2.05) is 72.8 Å². The van der Waals surface area contributed by atoms with E-state index in [-0.39, 0.29) is 28.4 Å². The van der Waals surface area contributed by atoms with Gasteiger partial charge in [0, 0.05) is 16.2 Å². The first kappa shape index (κ1) is 35.9. The maximum absolute atomic E-state index is 9.99. The second-order valence-corrected chi connectivity index (χ2v) is 14.8. The van der Waals surface area contributed by atoms with E-state index >= 15 is 0 Å². The van der Waals surface area contributed by atoms with E-state index in [1.54, 1.807) is 48.5 Å². The SMILES string of the molecule is CC(C)(c1ccc(Oc2ccc(C(C)(c3ccc(O)cc3)c3ccc(O)cc3)cc2)cc1)c1ccc(C(C)(c2ccc(O)cc2)c2ccc(O)cc2)cc1. The van der Waals surface area contributed by atoms with E-state index < -0.39 is 10.8 Å². The minimum Gasteiger partial charge on any atom is -0.508 e. The van der Waals surface area contributed by atoms with Gasteiger partial charge in [-0.05, 0) is 131 Å². The first-order valence-electron chi connectivity index (χ1n) is 18.1. The fourth-order valence-electron chi connectivity index (χ4n) is 7.50. The zero-order chi connectivity index (χ0) is 38.1. The predicted octanol–water partition coefficient (Wildman–Crippen LogP) is 11.3. The molecule has 0 radical (unpaired) electrons. The Morgan fingerprint density at radius 3 is 0.722 bits per heavy atom. The smallest absolute Gasteiger partial charge is 0.127 e. The van der Waals surface area contributed by atoms with Crippen molar-refractivity contribution in [2.24, 2.45) is 0 Å². The Hall–Kier alpha value is -6.46. The monoisotopic (exact) mass is 712 g/mol. The quantitative estimate of drug-likeness (QED) is 0.106. The van der Waals surface area contributed by atoms with Gasteiger partial charge in [-0.2, -0.15) is 0 Å². The average molecular weight is 713 g/mol. The van der Waals surface area contributed by atoms with Crippen LogP contribution in [0.5, 0.6) is 34.5 Å². The average Bonchev–Trinajstić information content (AvgIpc) is 3.19. The molecule has 5 heteroatoms. The Balaban J connectivity index is 1.11. The number of hydrogen-bond donors (Lipinski definition) is 4. The predicted molar refractivity (Wildman–Crippen MR) is 215 cm³/mol. The van der Waals surface area contributed by atoms with E-state index in [2.05, 4.69) is 76.2 Å². The molecular formula is C49H44O5. The molecule has 0 fully saturated rings. The van der Waals surface area contributed by atoms with E-state index in [0.29, 0.717) is 5.75 Å². The van der Waals surface area contributed by atoms with Crippen LogP contribution in [0.25, 0.3) is 0 Å². The van der Waals surface area contributed by atoms with Crippen LogP contribution >= 0.6 is 0 Å². The molecule has 7 rings (SSSR count). The fraction of sp³-hybridized carbons (Fsp3) is 0.143. The first-order chi connectivity index (χ1) is 25.9. The highest BCUT2D eigenvalue weighted by Crippen LogP contribution is 2.43. The molecule has 0 aliphatic heterocycles. The summed E-state index contributed by atoms with van der Waals surface area (Å²) < 4.78 is 6.32. The van der Waals surface area contributed by atoms with Crippen LogP contribution in [-0.2, 0) is 16.2 Å². The molecule has 5 nitrogen and oxygen atoms in total. The topological polar surface area (TPSA) is 90.2 Å². The van der Waals surface area contributed by atoms with Gasteiger partial charge in [0.25, 0.3) is 0 Å². The standard InChI is InChI=1S/C49H44O5/c1-47(2,33-5-7-35(8-6-33)48(3,36-9-21-41(50)22-10-36)37-11-23-42(51)24-12-37)34-17-29-45(30-18-34)54-46-31-19-40(20-32-46)49(4,38-13-25-43(52)26-14-38)39-15-27-44(53)28-16-39/h5-32,50-53H,1-4H3. The Labute approximate surface area is 317 Å². The molecule has 0 heterocycles. The highest BCUT2D eigenvalue weighted by molar-refractivity contribution is 5.54. The minimum absolute atomic E-state index is 0.208. The molecule has 0 saturated heterocycles. The van der Waals surface area contributed by atoms with E-state index in [9.17, 15) is 20.4 Å². The van der Waals surface area contributed by atoms with Gasteiger partial charge in [-0.15, -0.1) is 0 Å². The summed E-state index contributed by atoms with van der Waals surface area (Å²) in [4.78, 5) is 0. The molecule has 4 N–H and O–H groups in total. The van der Waals surface area contributed by atoms with Crippen molar-refractivity contribution in [3.8, 4) is 34.5 Å². The van der Waals surface area contributed by atoms with Gasteiger partial charge in [0.05, 0.1) is 0 Å². The Kier molecular flexibility index (Phi) is 9.42. The van der Waals surface area contributed by atoms with Crippen molar-refractivity contribution in [1.82, 2.24) is 0 Å². The first-order valence-corrected chi connectivity index (χ1v) is 18.1. The number of ether oxygens (including phenoxy) is 1. The largest absolute Gasteiger partial charge is 0.508 e. The van der Waals surface area contributed by atoms with Crippen LogP contribution in [0.3, 0.4) is 0 Å². The minimum atomic E-state index is -0.541. The number of aromatic hydroxyl groups is 4. The van der Waals surface area contributed by atoms with Gasteiger partial charge >= 0.3 is 0 Å². The van der Waals surface area contributed by atoms with Crippen LogP contribution in [0.15, 0.2) is 170 Å². The molecule has 0 unspecified atom stereocenters. The third-order valence-electron chi connectivity index (χ3n) is 11.2. The van der Waals surface area contributed by atoms with Gasteiger partial charge in [0.15, 0.2) is 0 Å². The third-order valence-corrected chi connectivity index (χ3v) is 11.2. The Morgan fingerprint density at radius 1 is 0.278 bits per heavy atom. The summed E-state index contributed by atoms with van der Waals surface area (Å²) in [5.74, 6) is 2.30. The summed E-state index contributed by atoms with van der Waals surface area (Å²) in [5, 5.41) is 39.9. The van der Waals surface area contributed by atoms with Gasteiger partial charge in [-0.1, -0.05) is 111 Å². The number of phenols is 4. The Morgan fingerprint density at radius 2 is 0.463 bits per heavy atom. The molecule has 54 heavy (non-hydrogen) atoms. The van der Waals surface area contributed by atoms with Gasteiger partial charge < -0.3 is 25.2 Å². The molecule has 0 atom stereocenters. The van der Waals surface area contributed by atoms with Gasteiger partial charge in [0.2, 0.25) is 0 Å². The lowest BCUT2D eigenvalue weighted by molar-refractivity contribution is 0.473. The molecule has 0 saturated carbocycles. The maximum atomic E-state index is 9.99. The molecule has 7 aromatic rings. The zero-order valence-electron chi connectivity index (χ0n) is 30.9. The molecule has 0 bridgehead atoms. The van der Waals surface area contributed by atoms with E-state index in [1.165, 1.54) is 5.56 Å². The second kappa shape index (κ2) is 14.2. The van der Waals surface area contributed by atoms with Crippen molar-refractivity contribution in [2.75, 3.05) is 0 Å². The van der Waals surface area contributed by atoms with E-state index in [0.717, 1.165) is 44.7 Å². The summed E-state index contributed by atoms with van der Waals surface area (Å²) in [5.41, 5.74) is 7.19. The van der Waals surface area contributed by atoms with Crippen LogP contribution in [0.1, 0.15) is 72.2 Å². The van der Waals surface area contributed by atoms with Crippen LogP contribution < -0.4 is 4.74 Å². The van der Waals surface area contributed by atoms with Crippen LogP contribution in [-0.4, -0.2) is 20.4 Å². The van der Waals surface area contributed by atoms with Crippen molar-refractivity contribution in [1.29, 1.82) is 0 Å². The summed E-state index contributed by atoms with van der Waals surface area (Å²) in [6.07, 6.45) is 0. The normalized spacial score (nSPS) is 12.0. The van der Waals surface area contributed by atoms with Gasteiger partial charge in [0.1, 0.15) is 34.5 Å². The molecule has 7 aromatic carbocycles. The van der Waals surface area contributed by atoms with Crippen LogP contribution in [0.4, 0.5) is 0 Å².